The van der Waals surface area contributed by atoms with Crippen LogP contribution in [0.2, 0.25) is 0 Å². The Kier molecular flexibility index (Phi) is 5.17. The Morgan fingerprint density at radius 3 is 2.62 bits per heavy atom. The van der Waals surface area contributed by atoms with Crippen molar-refractivity contribution in [1.82, 2.24) is 0 Å². The number of hydrogen-bond acceptors (Lipinski definition) is 6. The number of thiophene rings is 1. The van der Waals surface area contributed by atoms with Gasteiger partial charge < -0.3 is 21.0 Å². The number of carbonyl (C=O) groups is 2. The number of anilines is 1. The van der Waals surface area contributed by atoms with Crippen molar-refractivity contribution < 1.29 is 19.5 Å². The van der Waals surface area contributed by atoms with E-state index >= 15 is 0 Å². The van der Waals surface area contributed by atoms with Crippen LogP contribution in [0.4, 0.5) is 5.00 Å². The van der Waals surface area contributed by atoms with Crippen LogP contribution < -0.4 is 11.1 Å². The largest absolute Gasteiger partial charge is 0.465 e. The minimum absolute atomic E-state index is 0.171. The molecule has 1 atom stereocenters. The lowest BCUT2D eigenvalue weighted by atomic mass is 9.72. The van der Waals surface area contributed by atoms with Gasteiger partial charge in [0, 0.05) is 4.88 Å². The van der Waals surface area contributed by atoms with Gasteiger partial charge in [-0.05, 0) is 36.2 Å². The highest BCUT2D eigenvalue weighted by Crippen LogP contribution is 2.44. The van der Waals surface area contributed by atoms with Crippen molar-refractivity contribution in [3.05, 3.63) is 16.0 Å². The van der Waals surface area contributed by atoms with Gasteiger partial charge in [-0.25, -0.2) is 4.79 Å². The molecule has 1 aromatic rings. The zero-order valence-corrected chi connectivity index (χ0v) is 15.1. The Labute approximate surface area is 144 Å². The standard InChI is InChI=1S/C16H23N3O4S/c1-16(2,3)8-5-6-9-10(7-8)24-14(11(9)15(21)23-4)18-13(20)12(17)19-22/h8,22H,5-7H2,1-4H3,(H2,17,19)(H,18,20). The summed E-state index contributed by atoms with van der Waals surface area (Å²) >= 11 is 1.36. The number of methoxy groups -OCH3 is 1. The van der Waals surface area contributed by atoms with Gasteiger partial charge >= 0.3 is 5.97 Å². The number of ether oxygens (including phenoxy) is 1. The second kappa shape index (κ2) is 6.80. The van der Waals surface area contributed by atoms with Crippen molar-refractivity contribution >= 4 is 34.0 Å². The van der Waals surface area contributed by atoms with Gasteiger partial charge in [-0.2, -0.15) is 0 Å². The number of hydrogen-bond donors (Lipinski definition) is 3. The molecule has 0 spiro atoms. The molecule has 132 valence electrons. The topological polar surface area (TPSA) is 114 Å². The molecule has 1 aromatic heterocycles. The van der Waals surface area contributed by atoms with Crippen LogP contribution in [0.5, 0.6) is 0 Å². The second-order valence-corrected chi connectivity index (χ2v) is 8.05. The number of amides is 1. The molecule has 0 bridgehead atoms. The molecule has 0 aromatic carbocycles. The summed E-state index contributed by atoms with van der Waals surface area (Å²) in [5.41, 5.74) is 6.78. The molecule has 0 radical (unpaired) electrons. The first-order valence-corrected chi connectivity index (χ1v) is 8.52. The number of esters is 1. The monoisotopic (exact) mass is 353 g/mol. The summed E-state index contributed by atoms with van der Waals surface area (Å²) < 4.78 is 4.87. The van der Waals surface area contributed by atoms with E-state index in [2.05, 4.69) is 31.2 Å². The summed E-state index contributed by atoms with van der Waals surface area (Å²) in [5, 5.41) is 14.2. The highest BCUT2D eigenvalue weighted by atomic mass is 32.1. The van der Waals surface area contributed by atoms with Gasteiger partial charge in [-0.1, -0.05) is 25.9 Å². The number of nitrogens with one attached hydrogen (secondary N) is 1. The first-order chi connectivity index (χ1) is 11.2. The molecule has 1 unspecified atom stereocenters. The Morgan fingerprint density at radius 1 is 1.42 bits per heavy atom. The number of rotatable bonds is 2. The van der Waals surface area contributed by atoms with Crippen molar-refractivity contribution in [3.63, 3.8) is 0 Å². The van der Waals surface area contributed by atoms with Gasteiger partial charge in [-0.15, -0.1) is 11.3 Å². The highest BCUT2D eigenvalue weighted by Gasteiger charge is 2.34. The molecule has 1 heterocycles. The predicted octanol–water partition coefficient (Wildman–Crippen LogP) is 2.37. The fourth-order valence-electron chi connectivity index (χ4n) is 2.94. The fraction of sp³-hybridized carbons (Fsp3) is 0.562. The normalized spacial score (nSPS) is 18.0. The molecule has 4 N–H and O–H groups in total. The lowest BCUT2D eigenvalue weighted by Gasteiger charge is -2.33. The van der Waals surface area contributed by atoms with Gasteiger partial charge in [-0.3, -0.25) is 4.79 Å². The van der Waals surface area contributed by atoms with E-state index < -0.39 is 17.7 Å². The van der Waals surface area contributed by atoms with E-state index in [4.69, 9.17) is 15.7 Å². The average molecular weight is 353 g/mol. The van der Waals surface area contributed by atoms with E-state index in [0.717, 1.165) is 29.7 Å². The molecule has 1 aliphatic rings. The van der Waals surface area contributed by atoms with E-state index in [9.17, 15) is 9.59 Å². The molecule has 0 aliphatic heterocycles. The lowest BCUT2D eigenvalue weighted by molar-refractivity contribution is -0.110. The molecule has 1 amide bonds. The Morgan fingerprint density at radius 2 is 2.08 bits per heavy atom. The number of carbonyl (C=O) groups excluding carboxylic acids is 2. The van der Waals surface area contributed by atoms with Crippen molar-refractivity contribution in [1.29, 1.82) is 0 Å². The SMILES string of the molecule is COC(=O)c1c(NC(=O)/C(N)=N\O)sc2c1CCC(C(C)(C)C)C2. The molecular formula is C16H23N3O4S. The minimum Gasteiger partial charge on any atom is -0.465 e. The first-order valence-electron chi connectivity index (χ1n) is 7.70. The van der Waals surface area contributed by atoms with E-state index in [1.807, 2.05) is 0 Å². The summed E-state index contributed by atoms with van der Waals surface area (Å²) in [7, 11) is 1.31. The average Bonchev–Trinajstić information content (AvgIpc) is 2.89. The quantitative estimate of drug-likeness (QED) is 0.248. The number of fused-ring (bicyclic) bond motifs is 1. The van der Waals surface area contributed by atoms with Gasteiger partial charge in [0.15, 0.2) is 0 Å². The molecular weight excluding hydrogens is 330 g/mol. The van der Waals surface area contributed by atoms with Crippen molar-refractivity contribution in [2.24, 2.45) is 22.2 Å². The molecule has 2 rings (SSSR count). The van der Waals surface area contributed by atoms with Gasteiger partial charge in [0.05, 0.1) is 12.7 Å². The van der Waals surface area contributed by atoms with Gasteiger partial charge in [0.25, 0.3) is 5.91 Å². The Hall–Kier alpha value is -2.09. The summed E-state index contributed by atoms with van der Waals surface area (Å²) in [6.07, 6.45) is 2.59. The maximum Gasteiger partial charge on any atom is 0.341 e. The number of amidine groups is 1. The van der Waals surface area contributed by atoms with Crippen LogP contribution in [0.15, 0.2) is 5.16 Å². The Balaban J connectivity index is 2.40. The smallest absolute Gasteiger partial charge is 0.341 e. The minimum atomic E-state index is -0.756. The van der Waals surface area contributed by atoms with E-state index in [1.54, 1.807) is 0 Å². The fourth-order valence-corrected chi connectivity index (χ4v) is 4.25. The van der Waals surface area contributed by atoms with Crippen LogP contribution in [0.25, 0.3) is 0 Å². The summed E-state index contributed by atoms with van der Waals surface area (Å²) in [5.74, 6) is -1.31. The maximum atomic E-state index is 12.2. The van der Waals surface area contributed by atoms with Crippen LogP contribution in [0.3, 0.4) is 0 Å². The number of nitrogens with two attached hydrogens (primary N) is 1. The van der Waals surface area contributed by atoms with Crippen LogP contribution >= 0.6 is 11.3 Å². The summed E-state index contributed by atoms with van der Waals surface area (Å²) in [6, 6.07) is 0. The van der Waals surface area contributed by atoms with E-state index in [-0.39, 0.29) is 5.41 Å². The number of nitrogens with zero attached hydrogens (tertiary/aromatic N) is 1. The summed E-state index contributed by atoms with van der Waals surface area (Å²) in [6.45, 7) is 6.62. The van der Waals surface area contributed by atoms with E-state index in [1.165, 1.54) is 18.4 Å². The van der Waals surface area contributed by atoms with Crippen molar-refractivity contribution in [3.8, 4) is 0 Å². The van der Waals surface area contributed by atoms with E-state index in [0.29, 0.717) is 16.5 Å². The lowest BCUT2D eigenvalue weighted by Crippen LogP contribution is -2.30. The molecule has 0 fully saturated rings. The summed E-state index contributed by atoms with van der Waals surface area (Å²) in [4.78, 5) is 25.1. The molecule has 0 saturated carbocycles. The third-order valence-corrected chi connectivity index (χ3v) is 5.62. The van der Waals surface area contributed by atoms with Crippen LogP contribution in [0.1, 0.15) is 48.0 Å². The number of oxime groups is 1. The van der Waals surface area contributed by atoms with Gasteiger partial charge in [0.2, 0.25) is 5.84 Å². The molecule has 8 heteroatoms. The molecule has 24 heavy (non-hydrogen) atoms. The first kappa shape index (κ1) is 18.3. The molecule has 0 saturated heterocycles. The van der Waals surface area contributed by atoms with Gasteiger partial charge in [0.1, 0.15) is 5.00 Å². The van der Waals surface area contributed by atoms with Crippen LogP contribution in [-0.4, -0.2) is 30.0 Å². The van der Waals surface area contributed by atoms with Crippen LogP contribution in [0, 0.1) is 11.3 Å². The molecule has 7 nitrogen and oxygen atoms in total. The maximum absolute atomic E-state index is 12.2. The molecule has 1 aliphatic carbocycles. The van der Waals surface area contributed by atoms with Crippen LogP contribution in [-0.2, 0) is 22.4 Å². The van der Waals surface area contributed by atoms with Crippen molar-refractivity contribution in [2.45, 2.75) is 40.0 Å². The third kappa shape index (κ3) is 3.53. The highest BCUT2D eigenvalue weighted by molar-refractivity contribution is 7.17. The predicted molar refractivity (Wildman–Crippen MR) is 92.7 cm³/mol. The third-order valence-electron chi connectivity index (χ3n) is 4.45. The zero-order chi connectivity index (χ0) is 18.1. The Bertz CT molecular complexity index is 688. The second-order valence-electron chi connectivity index (χ2n) is 6.94. The zero-order valence-electron chi connectivity index (χ0n) is 14.3. The van der Waals surface area contributed by atoms with Crippen molar-refractivity contribution in [2.75, 3.05) is 12.4 Å².